The number of rotatable bonds is 11. The highest BCUT2D eigenvalue weighted by Crippen LogP contribution is 2.12. The van der Waals surface area contributed by atoms with Crippen LogP contribution in [0.4, 0.5) is 0 Å². The summed E-state index contributed by atoms with van der Waals surface area (Å²) in [4.78, 5) is 29.1. The first-order valence-corrected chi connectivity index (χ1v) is 10.1. The van der Waals surface area contributed by atoms with Crippen molar-refractivity contribution in [3.05, 3.63) is 59.5 Å². The number of ether oxygens (including phenoxy) is 1. The quantitative estimate of drug-likeness (QED) is 0.580. The number of furan rings is 1. The fraction of sp³-hybridized carbons (Fsp3) is 0.478. The lowest BCUT2D eigenvalue weighted by Crippen LogP contribution is -2.46. The summed E-state index contributed by atoms with van der Waals surface area (Å²) < 4.78 is 10.8. The zero-order chi connectivity index (χ0) is 21.2. The maximum atomic E-state index is 13.0. The second kappa shape index (κ2) is 11.4. The molecule has 2 aromatic rings. The van der Waals surface area contributed by atoms with E-state index in [-0.39, 0.29) is 24.4 Å². The molecule has 0 aliphatic rings. The minimum atomic E-state index is -0.113. The van der Waals surface area contributed by atoms with Gasteiger partial charge in [-0.15, -0.1) is 0 Å². The van der Waals surface area contributed by atoms with E-state index in [0.717, 1.165) is 17.1 Å². The second-order valence-electron chi connectivity index (χ2n) is 7.42. The molecule has 0 unspecified atom stereocenters. The van der Waals surface area contributed by atoms with Gasteiger partial charge in [-0.05, 0) is 44.9 Å². The molecule has 0 saturated heterocycles. The molecule has 29 heavy (non-hydrogen) atoms. The average molecular weight is 401 g/mol. The molecule has 0 N–H and O–H groups in total. The molecule has 0 radical (unpaired) electrons. The van der Waals surface area contributed by atoms with E-state index in [1.807, 2.05) is 63.2 Å². The van der Waals surface area contributed by atoms with Crippen LogP contribution in [0.1, 0.15) is 37.4 Å². The summed E-state index contributed by atoms with van der Waals surface area (Å²) in [7, 11) is 1.60. The van der Waals surface area contributed by atoms with Gasteiger partial charge in [0.15, 0.2) is 0 Å². The summed E-state index contributed by atoms with van der Waals surface area (Å²) >= 11 is 0. The van der Waals surface area contributed by atoms with Gasteiger partial charge < -0.3 is 19.0 Å². The molecule has 158 valence electrons. The van der Waals surface area contributed by atoms with Crippen LogP contribution in [0.3, 0.4) is 0 Å². The van der Waals surface area contributed by atoms with Crippen LogP contribution in [-0.2, 0) is 27.3 Å². The molecule has 0 spiro atoms. The molecule has 0 aliphatic heterocycles. The SMILES string of the molecule is COCCN(Cc1ccc(C)o1)C(=O)CN(C(=O)CCc1ccccc1)C(C)C. The predicted octanol–water partition coefficient (Wildman–Crippen LogP) is 3.43. The van der Waals surface area contributed by atoms with Gasteiger partial charge in [0.1, 0.15) is 11.5 Å². The van der Waals surface area contributed by atoms with E-state index in [9.17, 15) is 9.59 Å². The number of aryl methyl sites for hydroxylation is 2. The zero-order valence-corrected chi connectivity index (χ0v) is 17.9. The van der Waals surface area contributed by atoms with Gasteiger partial charge in [0.25, 0.3) is 0 Å². The molecule has 0 fully saturated rings. The Labute approximate surface area is 173 Å². The second-order valence-corrected chi connectivity index (χ2v) is 7.42. The zero-order valence-electron chi connectivity index (χ0n) is 17.9. The summed E-state index contributed by atoms with van der Waals surface area (Å²) in [6.45, 7) is 7.02. The van der Waals surface area contributed by atoms with Gasteiger partial charge in [0, 0.05) is 26.1 Å². The molecular weight excluding hydrogens is 368 g/mol. The van der Waals surface area contributed by atoms with E-state index in [1.54, 1.807) is 16.9 Å². The first-order chi connectivity index (χ1) is 13.9. The topological polar surface area (TPSA) is 63.0 Å². The highest BCUT2D eigenvalue weighted by molar-refractivity contribution is 5.85. The van der Waals surface area contributed by atoms with Gasteiger partial charge in [-0.1, -0.05) is 30.3 Å². The maximum Gasteiger partial charge on any atom is 0.242 e. The van der Waals surface area contributed by atoms with Crippen molar-refractivity contribution in [3.8, 4) is 0 Å². The minimum Gasteiger partial charge on any atom is -0.464 e. The van der Waals surface area contributed by atoms with Crippen molar-refractivity contribution in [2.45, 2.75) is 46.2 Å². The van der Waals surface area contributed by atoms with Gasteiger partial charge in [-0.3, -0.25) is 9.59 Å². The monoisotopic (exact) mass is 400 g/mol. The number of carbonyl (C=O) groups excluding carboxylic acids is 2. The van der Waals surface area contributed by atoms with E-state index < -0.39 is 0 Å². The molecule has 0 aliphatic carbocycles. The third-order valence-corrected chi connectivity index (χ3v) is 4.78. The Hall–Kier alpha value is -2.60. The molecule has 6 nitrogen and oxygen atoms in total. The molecule has 1 aromatic carbocycles. The molecule has 6 heteroatoms. The number of nitrogens with zero attached hydrogens (tertiary/aromatic N) is 2. The van der Waals surface area contributed by atoms with E-state index in [0.29, 0.717) is 32.5 Å². The van der Waals surface area contributed by atoms with E-state index in [2.05, 4.69) is 0 Å². The van der Waals surface area contributed by atoms with Crippen LogP contribution in [0, 0.1) is 6.92 Å². The smallest absolute Gasteiger partial charge is 0.242 e. The largest absolute Gasteiger partial charge is 0.464 e. The lowest BCUT2D eigenvalue weighted by molar-refractivity contribution is -0.142. The van der Waals surface area contributed by atoms with Crippen molar-refractivity contribution in [2.75, 3.05) is 26.8 Å². The third-order valence-electron chi connectivity index (χ3n) is 4.78. The molecule has 1 aromatic heterocycles. The highest BCUT2D eigenvalue weighted by atomic mass is 16.5. The van der Waals surface area contributed by atoms with Crippen LogP contribution < -0.4 is 0 Å². The Bertz CT molecular complexity index is 770. The van der Waals surface area contributed by atoms with Crippen molar-refractivity contribution < 1.29 is 18.7 Å². The van der Waals surface area contributed by atoms with E-state index in [1.165, 1.54) is 0 Å². The van der Waals surface area contributed by atoms with Crippen molar-refractivity contribution in [3.63, 3.8) is 0 Å². The highest BCUT2D eigenvalue weighted by Gasteiger charge is 2.24. The first-order valence-electron chi connectivity index (χ1n) is 10.1. The summed E-state index contributed by atoms with van der Waals surface area (Å²) in [5, 5.41) is 0. The summed E-state index contributed by atoms with van der Waals surface area (Å²) in [6, 6.07) is 13.6. The van der Waals surface area contributed by atoms with Crippen LogP contribution in [-0.4, -0.2) is 54.5 Å². The van der Waals surface area contributed by atoms with Crippen LogP contribution in [0.15, 0.2) is 46.9 Å². The standard InChI is InChI=1S/C23H32N2O4/c1-18(2)25(22(26)13-11-20-8-6-5-7-9-20)17-23(27)24(14-15-28-4)16-21-12-10-19(3)29-21/h5-10,12,18H,11,13-17H2,1-4H3. The van der Waals surface area contributed by atoms with Crippen molar-refractivity contribution in [2.24, 2.45) is 0 Å². The number of amides is 2. The van der Waals surface area contributed by atoms with Gasteiger partial charge >= 0.3 is 0 Å². The molecule has 2 amide bonds. The first kappa shape index (κ1) is 22.7. The predicted molar refractivity (Wildman–Crippen MR) is 112 cm³/mol. The molecule has 0 saturated carbocycles. The maximum absolute atomic E-state index is 13.0. The van der Waals surface area contributed by atoms with Crippen molar-refractivity contribution in [1.29, 1.82) is 0 Å². The van der Waals surface area contributed by atoms with Gasteiger partial charge in [-0.2, -0.15) is 0 Å². The van der Waals surface area contributed by atoms with Gasteiger partial charge in [0.05, 0.1) is 19.7 Å². The molecule has 0 atom stereocenters. The van der Waals surface area contributed by atoms with Crippen LogP contribution >= 0.6 is 0 Å². The van der Waals surface area contributed by atoms with Gasteiger partial charge in [0.2, 0.25) is 11.8 Å². The van der Waals surface area contributed by atoms with Crippen LogP contribution in [0.25, 0.3) is 0 Å². The fourth-order valence-electron chi connectivity index (χ4n) is 3.10. The summed E-state index contributed by atoms with van der Waals surface area (Å²) in [5.41, 5.74) is 1.12. The molecular formula is C23H32N2O4. The Kier molecular flexibility index (Phi) is 8.93. The van der Waals surface area contributed by atoms with Crippen LogP contribution in [0.2, 0.25) is 0 Å². The lowest BCUT2D eigenvalue weighted by Gasteiger charge is -2.30. The minimum absolute atomic E-state index is 0.0160. The van der Waals surface area contributed by atoms with Gasteiger partial charge in [-0.25, -0.2) is 0 Å². The van der Waals surface area contributed by atoms with E-state index in [4.69, 9.17) is 9.15 Å². The number of hydrogen-bond acceptors (Lipinski definition) is 4. The average Bonchev–Trinajstić information content (AvgIpc) is 3.12. The Morgan fingerprint density at radius 3 is 2.38 bits per heavy atom. The number of hydrogen-bond donors (Lipinski definition) is 0. The molecule has 1 heterocycles. The lowest BCUT2D eigenvalue weighted by atomic mass is 10.1. The number of methoxy groups -OCH3 is 1. The van der Waals surface area contributed by atoms with Crippen molar-refractivity contribution >= 4 is 11.8 Å². The summed E-state index contributed by atoms with van der Waals surface area (Å²) in [6.07, 6.45) is 1.04. The van der Waals surface area contributed by atoms with Crippen molar-refractivity contribution in [1.82, 2.24) is 9.80 Å². The summed E-state index contributed by atoms with van der Waals surface area (Å²) in [5.74, 6) is 1.40. The normalized spacial score (nSPS) is 10.9. The Balaban J connectivity index is 2.00. The molecule has 2 rings (SSSR count). The Morgan fingerprint density at radius 2 is 1.79 bits per heavy atom. The number of benzene rings is 1. The van der Waals surface area contributed by atoms with Crippen LogP contribution in [0.5, 0.6) is 0 Å². The molecule has 0 bridgehead atoms. The number of carbonyl (C=O) groups is 2. The third kappa shape index (κ3) is 7.38. The Morgan fingerprint density at radius 1 is 1.07 bits per heavy atom. The van der Waals surface area contributed by atoms with E-state index >= 15 is 0 Å². The fourth-order valence-corrected chi connectivity index (χ4v) is 3.10.